The molecule has 1 fully saturated rings. The van der Waals surface area contributed by atoms with Crippen LogP contribution in [0.3, 0.4) is 0 Å². The second kappa shape index (κ2) is 6.90. The molecule has 0 aliphatic heterocycles. The van der Waals surface area contributed by atoms with Crippen LogP contribution in [0.25, 0.3) is 0 Å². The van der Waals surface area contributed by atoms with Crippen LogP contribution in [0.1, 0.15) is 83.9 Å². The summed E-state index contributed by atoms with van der Waals surface area (Å²) in [6.45, 7) is 15.5. The third kappa shape index (κ3) is 4.40. The summed E-state index contributed by atoms with van der Waals surface area (Å²) < 4.78 is 0. The number of rotatable bonds is 2. The van der Waals surface area contributed by atoms with Crippen LogP contribution < -0.4 is 0 Å². The van der Waals surface area contributed by atoms with Crippen molar-refractivity contribution in [2.24, 2.45) is 16.3 Å². The van der Waals surface area contributed by atoms with E-state index in [1.807, 2.05) is 19.2 Å². The minimum atomic E-state index is -0.0643. The van der Waals surface area contributed by atoms with Gasteiger partial charge in [0, 0.05) is 17.8 Å². The van der Waals surface area contributed by atoms with Gasteiger partial charge in [-0.3, -0.25) is 4.99 Å². The standard InChI is InChI=1S/C22H35NO/c1-15-8-13-19(22(5,6)7)20(24)18(15)14-23-17-11-9-16(10-12-17)21(2,3)4/h8,13-14,16-17,24H,9-12H2,1-7H3. The monoisotopic (exact) mass is 329 g/mol. The van der Waals surface area contributed by atoms with E-state index in [9.17, 15) is 5.11 Å². The number of benzene rings is 1. The topological polar surface area (TPSA) is 32.6 Å². The average molecular weight is 330 g/mol. The minimum absolute atomic E-state index is 0.0643. The summed E-state index contributed by atoms with van der Waals surface area (Å²) in [4.78, 5) is 4.83. The van der Waals surface area contributed by atoms with Gasteiger partial charge in [0.15, 0.2) is 0 Å². The first-order chi connectivity index (χ1) is 11.0. The van der Waals surface area contributed by atoms with Crippen LogP contribution in [0.5, 0.6) is 5.75 Å². The molecule has 1 aromatic rings. The number of phenolic OH excluding ortho intramolecular Hbond substituents is 1. The Kier molecular flexibility index (Phi) is 5.47. The largest absolute Gasteiger partial charge is 0.507 e. The van der Waals surface area contributed by atoms with Crippen molar-refractivity contribution in [2.45, 2.75) is 85.6 Å². The van der Waals surface area contributed by atoms with Crippen molar-refractivity contribution in [1.29, 1.82) is 0 Å². The fourth-order valence-corrected chi connectivity index (χ4v) is 3.75. The van der Waals surface area contributed by atoms with Crippen molar-refractivity contribution in [3.63, 3.8) is 0 Å². The van der Waals surface area contributed by atoms with E-state index in [1.54, 1.807) is 0 Å². The highest BCUT2D eigenvalue weighted by atomic mass is 16.3. The Morgan fingerprint density at radius 3 is 2.08 bits per heavy atom. The smallest absolute Gasteiger partial charge is 0.128 e. The maximum atomic E-state index is 10.7. The Hall–Kier alpha value is -1.31. The molecule has 134 valence electrons. The molecule has 0 amide bonds. The molecule has 1 saturated carbocycles. The van der Waals surface area contributed by atoms with Gasteiger partial charge in [0.05, 0.1) is 0 Å². The summed E-state index contributed by atoms with van der Waals surface area (Å²) >= 11 is 0. The molecule has 2 rings (SSSR count). The maximum absolute atomic E-state index is 10.7. The van der Waals surface area contributed by atoms with Gasteiger partial charge in [0.1, 0.15) is 5.75 Å². The van der Waals surface area contributed by atoms with E-state index < -0.39 is 0 Å². The van der Waals surface area contributed by atoms with E-state index in [1.165, 1.54) is 12.8 Å². The molecule has 0 atom stereocenters. The van der Waals surface area contributed by atoms with Gasteiger partial charge in [-0.1, -0.05) is 53.7 Å². The molecule has 1 aromatic carbocycles. The van der Waals surface area contributed by atoms with Gasteiger partial charge in [0.25, 0.3) is 0 Å². The van der Waals surface area contributed by atoms with Crippen LogP contribution in [0.4, 0.5) is 0 Å². The first-order valence-electron chi connectivity index (χ1n) is 9.36. The Bertz CT molecular complexity index is 594. The third-order valence-corrected chi connectivity index (χ3v) is 5.58. The van der Waals surface area contributed by atoms with Gasteiger partial charge >= 0.3 is 0 Å². The third-order valence-electron chi connectivity index (χ3n) is 5.58. The highest BCUT2D eigenvalue weighted by Crippen LogP contribution is 2.39. The van der Waals surface area contributed by atoms with Gasteiger partial charge < -0.3 is 5.11 Å². The molecule has 1 N–H and O–H groups in total. The van der Waals surface area contributed by atoms with Gasteiger partial charge in [0.2, 0.25) is 0 Å². The van der Waals surface area contributed by atoms with Crippen molar-refractivity contribution >= 4 is 6.21 Å². The molecule has 0 bridgehead atoms. The molecular weight excluding hydrogens is 294 g/mol. The van der Waals surface area contributed by atoms with Crippen LogP contribution in [0.15, 0.2) is 17.1 Å². The number of nitrogens with zero attached hydrogens (tertiary/aromatic N) is 1. The molecule has 0 saturated heterocycles. The van der Waals surface area contributed by atoms with Crippen LogP contribution in [0.2, 0.25) is 0 Å². The van der Waals surface area contributed by atoms with E-state index >= 15 is 0 Å². The number of aryl methyl sites for hydroxylation is 1. The van der Waals surface area contributed by atoms with Gasteiger partial charge in [-0.2, -0.15) is 0 Å². The molecule has 0 unspecified atom stereocenters. The first kappa shape index (κ1) is 19.0. The van der Waals surface area contributed by atoms with Crippen LogP contribution in [-0.4, -0.2) is 17.4 Å². The normalized spacial score (nSPS) is 23.0. The van der Waals surface area contributed by atoms with Gasteiger partial charge in [-0.05, 0) is 60.5 Å². The Morgan fingerprint density at radius 2 is 1.58 bits per heavy atom. The summed E-state index contributed by atoms with van der Waals surface area (Å²) in [5, 5.41) is 10.7. The average Bonchev–Trinajstić information content (AvgIpc) is 2.45. The highest BCUT2D eigenvalue weighted by Gasteiger charge is 2.29. The Labute approximate surface area is 148 Å². The summed E-state index contributed by atoms with van der Waals surface area (Å²) in [7, 11) is 0. The zero-order chi connectivity index (χ0) is 18.1. The lowest BCUT2D eigenvalue weighted by atomic mass is 9.71. The van der Waals surface area contributed by atoms with E-state index in [-0.39, 0.29) is 5.41 Å². The molecular formula is C22H35NO. The quantitative estimate of drug-likeness (QED) is 0.661. The summed E-state index contributed by atoms with van der Waals surface area (Å²) in [6.07, 6.45) is 6.77. The fraction of sp³-hybridized carbons (Fsp3) is 0.682. The van der Waals surface area contributed by atoms with Crippen LogP contribution >= 0.6 is 0 Å². The Morgan fingerprint density at radius 1 is 1.00 bits per heavy atom. The zero-order valence-corrected chi connectivity index (χ0v) is 16.6. The van der Waals surface area contributed by atoms with Crippen molar-refractivity contribution in [3.05, 3.63) is 28.8 Å². The zero-order valence-electron chi connectivity index (χ0n) is 16.6. The molecule has 0 radical (unpaired) electrons. The lowest BCUT2D eigenvalue weighted by Gasteiger charge is -2.35. The first-order valence-corrected chi connectivity index (χ1v) is 9.36. The molecule has 2 nitrogen and oxygen atoms in total. The Balaban J connectivity index is 2.13. The highest BCUT2D eigenvalue weighted by molar-refractivity contribution is 5.86. The van der Waals surface area contributed by atoms with E-state index in [4.69, 9.17) is 4.99 Å². The van der Waals surface area contributed by atoms with Crippen LogP contribution in [-0.2, 0) is 5.41 Å². The van der Waals surface area contributed by atoms with Crippen molar-refractivity contribution in [2.75, 3.05) is 0 Å². The lowest BCUT2D eigenvalue weighted by molar-refractivity contribution is 0.170. The molecule has 0 spiro atoms. The SMILES string of the molecule is Cc1ccc(C(C)(C)C)c(O)c1C=NC1CCC(C(C)(C)C)CC1. The summed E-state index contributed by atoms with van der Waals surface area (Å²) in [5.41, 5.74) is 3.31. The number of hydrogen-bond donors (Lipinski definition) is 1. The molecule has 0 heterocycles. The van der Waals surface area contributed by atoms with Gasteiger partial charge in [-0.15, -0.1) is 0 Å². The molecule has 24 heavy (non-hydrogen) atoms. The van der Waals surface area contributed by atoms with Crippen molar-refractivity contribution in [1.82, 2.24) is 0 Å². The minimum Gasteiger partial charge on any atom is -0.507 e. The predicted octanol–water partition coefficient (Wildman–Crippen LogP) is 6.02. The summed E-state index contributed by atoms with van der Waals surface area (Å²) in [5.74, 6) is 1.21. The van der Waals surface area contributed by atoms with Gasteiger partial charge in [-0.25, -0.2) is 0 Å². The number of hydrogen-bond acceptors (Lipinski definition) is 2. The van der Waals surface area contributed by atoms with Crippen molar-refractivity contribution in [3.8, 4) is 5.75 Å². The maximum Gasteiger partial charge on any atom is 0.128 e. The number of phenols is 1. The lowest BCUT2D eigenvalue weighted by Crippen LogP contribution is -2.27. The second-order valence-corrected chi connectivity index (χ2v) is 9.59. The fourth-order valence-electron chi connectivity index (χ4n) is 3.75. The molecule has 1 aliphatic rings. The predicted molar refractivity (Wildman–Crippen MR) is 104 cm³/mol. The molecule has 1 aliphatic carbocycles. The van der Waals surface area contributed by atoms with E-state index in [0.717, 1.165) is 35.4 Å². The van der Waals surface area contributed by atoms with E-state index in [2.05, 4.69) is 47.6 Å². The molecule has 0 aromatic heterocycles. The van der Waals surface area contributed by atoms with Crippen LogP contribution in [0, 0.1) is 18.3 Å². The van der Waals surface area contributed by atoms with Crippen molar-refractivity contribution < 1.29 is 5.11 Å². The van der Waals surface area contributed by atoms with E-state index in [0.29, 0.717) is 17.2 Å². The molecule has 2 heteroatoms. The second-order valence-electron chi connectivity index (χ2n) is 9.59. The summed E-state index contributed by atoms with van der Waals surface area (Å²) in [6, 6.07) is 4.54. The number of aromatic hydroxyl groups is 1. The number of aliphatic imine (C=N–C) groups is 1.